The number of aryl methyl sites for hydroxylation is 2. The average molecular weight is 281 g/mol. The first-order valence-electron chi connectivity index (χ1n) is 5.95. The molecule has 0 aliphatic heterocycles. The van der Waals surface area contributed by atoms with Crippen LogP contribution in [0.1, 0.15) is 27.2 Å². The molecule has 1 heterocycles. The summed E-state index contributed by atoms with van der Waals surface area (Å²) in [7, 11) is 1.41. The molecule has 1 N–H and O–H groups in total. The Morgan fingerprint density at radius 2 is 2.16 bits per heavy atom. The number of halogens is 1. The van der Waals surface area contributed by atoms with E-state index in [4.69, 9.17) is 4.74 Å². The zero-order valence-corrected chi connectivity index (χ0v) is 11.9. The van der Waals surface area contributed by atoms with Crippen molar-refractivity contribution in [2.45, 2.75) is 26.4 Å². The number of aliphatic hydroxyl groups excluding tert-OH is 1. The number of methoxy groups -OCH3 is 1. The van der Waals surface area contributed by atoms with E-state index in [9.17, 15) is 9.50 Å². The van der Waals surface area contributed by atoms with Crippen LogP contribution in [-0.2, 0) is 6.42 Å². The lowest BCUT2D eigenvalue weighted by Crippen LogP contribution is -2.02. The van der Waals surface area contributed by atoms with Crippen molar-refractivity contribution in [3.63, 3.8) is 0 Å². The third-order valence-corrected chi connectivity index (χ3v) is 4.10. The second kappa shape index (κ2) is 5.67. The number of aliphatic hydroxyl groups is 1. The summed E-state index contributed by atoms with van der Waals surface area (Å²) in [5.74, 6) is -0.289. The number of rotatable bonds is 4. The van der Waals surface area contributed by atoms with Crippen LogP contribution >= 0.6 is 11.3 Å². The van der Waals surface area contributed by atoms with Crippen LogP contribution in [0, 0.1) is 19.7 Å². The Kier molecular flexibility index (Phi) is 4.17. The number of hydrogen-bond donors (Lipinski definition) is 1. The molecule has 0 bridgehead atoms. The predicted octanol–water partition coefficient (Wildman–Crippen LogP) is 3.18. The van der Waals surface area contributed by atoms with Crippen LogP contribution in [0.4, 0.5) is 4.39 Å². The molecule has 0 saturated heterocycles. The van der Waals surface area contributed by atoms with Crippen LogP contribution in [0.5, 0.6) is 5.75 Å². The molecule has 0 radical (unpaired) electrons. The topological polar surface area (TPSA) is 42.4 Å². The monoisotopic (exact) mass is 281 g/mol. The van der Waals surface area contributed by atoms with Gasteiger partial charge in [0.1, 0.15) is 0 Å². The minimum atomic E-state index is -0.759. The maximum atomic E-state index is 13.6. The second-order valence-corrected chi connectivity index (χ2v) is 5.65. The predicted molar refractivity (Wildman–Crippen MR) is 73.2 cm³/mol. The van der Waals surface area contributed by atoms with Gasteiger partial charge in [-0.15, -0.1) is 11.3 Å². The summed E-state index contributed by atoms with van der Waals surface area (Å²) in [5.41, 5.74) is 1.51. The van der Waals surface area contributed by atoms with Gasteiger partial charge >= 0.3 is 0 Å². The van der Waals surface area contributed by atoms with Crippen molar-refractivity contribution in [1.29, 1.82) is 0 Å². The lowest BCUT2D eigenvalue weighted by atomic mass is 10.1. The van der Waals surface area contributed by atoms with Crippen molar-refractivity contribution in [2.75, 3.05) is 7.11 Å². The molecule has 0 amide bonds. The van der Waals surface area contributed by atoms with Crippen LogP contribution in [0.3, 0.4) is 0 Å². The first kappa shape index (κ1) is 14.0. The van der Waals surface area contributed by atoms with Gasteiger partial charge < -0.3 is 9.84 Å². The highest BCUT2D eigenvalue weighted by molar-refractivity contribution is 7.11. The molecule has 1 atom stereocenters. The minimum Gasteiger partial charge on any atom is -0.494 e. The third-order valence-electron chi connectivity index (χ3n) is 3.00. The fourth-order valence-electron chi connectivity index (χ4n) is 1.80. The molecule has 0 spiro atoms. The first-order chi connectivity index (χ1) is 9.01. The van der Waals surface area contributed by atoms with E-state index in [1.165, 1.54) is 19.2 Å². The fraction of sp³-hybridized carbons (Fsp3) is 0.357. The molecular formula is C14H16FNO2S. The van der Waals surface area contributed by atoms with Crippen molar-refractivity contribution in [1.82, 2.24) is 4.98 Å². The molecule has 1 unspecified atom stereocenters. The Morgan fingerprint density at radius 1 is 1.42 bits per heavy atom. The summed E-state index contributed by atoms with van der Waals surface area (Å²) in [5, 5.41) is 11.0. The molecule has 1 aromatic carbocycles. The molecule has 1 aromatic heterocycles. The third kappa shape index (κ3) is 3.11. The molecule has 2 rings (SSSR count). The Balaban J connectivity index is 2.15. The molecule has 0 aliphatic carbocycles. The summed E-state index contributed by atoms with van der Waals surface area (Å²) < 4.78 is 18.4. The zero-order valence-electron chi connectivity index (χ0n) is 11.1. The number of hydrogen-bond acceptors (Lipinski definition) is 4. The van der Waals surface area contributed by atoms with E-state index in [-0.39, 0.29) is 5.75 Å². The summed E-state index contributed by atoms with van der Waals surface area (Å²) >= 11 is 1.56. The van der Waals surface area contributed by atoms with Gasteiger partial charge in [-0.05, 0) is 31.5 Å². The van der Waals surface area contributed by atoms with Gasteiger partial charge in [0.05, 0.1) is 23.9 Å². The SMILES string of the molecule is COc1ccc(C(O)Cc2nc(C)c(C)s2)cc1F. The summed E-state index contributed by atoms with van der Waals surface area (Å²) in [6.45, 7) is 3.94. The molecule has 3 nitrogen and oxygen atoms in total. The lowest BCUT2D eigenvalue weighted by molar-refractivity contribution is 0.177. The largest absolute Gasteiger partial charge is 0.494 e. The van der Waals surface area contributed by atoms with Gasteiger partial charge in [0.25, 0.3) is 0 Å². The molecular weight excluding hydrogens is 265 g/mol. The van der Waals surface area contributed by atoms with Crippen molar-refractivity contribution in [2.24, 2.45) is 0 Å². The summed E-state index contributed by atoms with van der Waals surface area (Å²) in [4.78, 5) is 5.51. The number of nitrogens with zero attached hydrogens (tertiary/aromatic N) is 1. The van der Waals surface area contributed by atoms with E-state index in [0.717, 1.165) is 15.6 Å². The maximum absolute atomic E-state index is 13.6. The number of ether oxygens (including phenoxy) is 1. The van der Waals surface area contributed by atoms with E-state index in [1.807, 2.05) is 13.8 Å². The van der Waals surface area contributed by atoms with Gasteiger partial charge in [-0.1, -0.05) is 6.07 Å². The van der Waals surface area contributed by atoms with Crippen LogP contribution in [0.25, 0.3) is 0 Å². The van der Waals surface area contributed by atoms with Crippen molar-refractivity contribution in [3.05, 3.63) is 45.2 Å². The first-order valence-corrected chi connectivity index (χ1v) is 6.77. The quantitative estimate of drug-likeness (QED) is 0.936. The average Bonchev–Trinajstić information content (AvgIpc) is 2.68. The van der Waals surface area contributed by atoms with E-state index >= 15 is 0 Å². The highest BCUT2D eigenvalue weighted by atomic mass is 32.1. The molecule has 0 saturated carbocycles. The fourth-order valence-corrected chi connectivity index (χ4v) is 2.77. The highest BCUT2D eigenvalue weighted by Crippen LogP contribution is 2.26. The number of thiazole rings is 1. The minimum absolute atomic E-state index is 0.178. The van der Waals surface area contributed by atoms with Crippen molar-refractivity contribution < 1.29 is 14.2 Å². The van der Waals surface area contributed by atoms with E-state index in [0.29, 0.717) is 12.0 Å². The van der Waals surface area contributed by atoms with Crippen molar-refractivity contribution >= 4 is 11.3 Å². The zero-order chi connectivity index (χ0) is 14.0. The second-order valence-electron chi connectivity index (χ2n) is 4.36. The number of aromatic nitrogens is 1. The lowest BCUT2D eigenvalue weighted by Gasteiger charge is -2.10. The van der Waals surface area contributed by atoms with Crippen LogP contribution < -0.4 is 4.74 Å². The Hall–Kier alpha value is -1.46. The highest BCUT2D eigenvalue weighted by Gasteiger charge is 2.14. The Labute approximate surface area is 115 Å². The molecule has 102 valence electrons. The van der Waals surface area contributed by atoms with E-state index in [2.05, 4.69) is 4.98 Å². The molecule has 0 fully saturated rings. The van der Waals surface area contributed by atoms with Gasteiger partial charge in [-0.25, -0.2) is 9.37 Å². The molecule has 2 aromatic rings. The van der Waals surface area contributed by atoms with Crippen LogP contribution in [0.15, 0.2) is 18.2 Å². The Bertz CT molecular complexity index is 563. The van der Waals surface area contributed by atoms with Gasteiger partial charge in [0, 0.05) is 11.3 Å². The van der Waals surface area contributed by atoms with Gasteiger partial charge in [0.2, 0.25) is 0 Å². The normalized spacial score (nSPS) is 12.5. The van der Waals surface area contributed by atoms with Crippen molar-refractivity contribution in [3.8, 4) is 5.75 Å². The Morgan fingerprint density at radius 3 is 2.68 bits per heavy atom. The smallest absolute Gasteiger partial charge is 0.165 e. The van der Waals surface area contributed by atoms with E-state index < -0.39 is 11.9 Å². The molecule has 5 heteroatoms. The molecule has 0 aliphatic rings. The standard InChI is InChI=1S/C14H16FNO2S/c1-8-9(2)19-14(16-8)7-12(17)10-4-5-13(18-3)11(15)6-10/h4-6,12,17H,7H2,1-3H3. The van der Waals surface area contributed by atoms with Crippen LogP contribution in [0.2, 0.25) is 0 Å². The summed E-state index contributed by atoms with van der Waals surface area (Å²) in [6.07, 6.45) is -0.365. The van der Waals surface area contributed by atoms with E-state index in [1.54, 1.807) is 17.4 Å². The van der Waals surface area contributed by atoms with Gasteiger partial charge in [0.15, 0.2) is 11.6 Å². The van der Waals surface area contributed by atoms with Gasteiger partial charge in [-0.2, -0.15) is 0 Å². The van der Waals surface area contributed by atoms with Crippen LogP contribution in [-0.4, -0.2) is 17.2 Å². The number of benzene rings is 1. The van der Waals surface area contributed by atoms with Gasteiger partial charge in [-0.3, -0.25) is 0 Å². The summed E-state index contributed by atoms with van der Waals surface area (Å²) in [6, 6.07) is 4.49. The molecule has 19 heavy (non-hydrogen) atoms. The maximum Gasteiger partial charge on any atom is 0.165 e.